The van der Waals surface area contributed by atoms with Crippen molar-refractivity contribution in [1.82, 2.24) is 4.72 Å². The van der Waals surface area contributed by atoms with Crippen molar-refractivity contribution >= 4 is 33.1 Å². The van der Waals surface area contributed by atoms with Gasteiger partial charge in [0.15, 0.2) is 5.78 Å². The number of benzene rings is 1. The van der Waals surface area contributed by atoms with Gasteiger partial charge in [-0.25, -0.2) is 17.9 Å². The molecule has 8 heteroatoms. The van der Waals surface area contributed by atoms with Crippen molar-refractivity contribution in [3.05, 3.63) is 52.2 Å². The average Bonchev–Trinajstić information content (AvgIpc) is 3.13. The standard InChI is InChI=1S/C16H17NO5S2/c1-17-24(20,21)13-6-2-5-12(11-13)16(19)22-9-3-7-14(18)15-8-4-10-23-15/h2,4-6,8,10-11,17H,3,7,9H2,1H3. The van der Waals surface area contributed by atoms with Crippen LogP contribution in [0, 0.1) is 0 Å². The molecule has 0 aliphatic rings. The van der Waals surface area contributed by atoms with Crippen LogP contribution < -0.4 is 4.72 Å². The first kappa shape index (κ1) is 18.3. The van der Waals surface area contributed by atoms with Crippen molar-refractivity contribution in [1.29, 1.82) is 0 Å². The maximum atomic E-state index is 12.0. The average molecular weight is 367 g/mol. The largest absolute Gasteiger partial charge is 0.462 e. The van der Waals surface area contributed by atoms with Gasteiger partial charge in [-0.2, -0.15) is 0 Å². The Morgan fingerprint density at radius 2 is 2.00 bits per heavy atom. The highest BCUT2D eigenvalue weighted by Crippen LogP contribution is 2.14. The van der Waals surface area contributed by atoms with E-state index in [9.17, 15) is 18.0 Å². The van der Waals surface area contributed by atoms with Crippen molar-refractivity contribution in [3.8, 4) is 0 Å². The van der Waals surface area contributed by atoms with E-state index in [-0.39, 0.29) is 22.8 Å². The number of sulfonamides is 1. The van der Waals surface area contributed by atoms with E-state index < -0.39 is 16.0 Å². The summed E-state index contributed by atoms with van der Waals surface area (Å²) < 4.78 is 30.7. The molecule has 24 heavy (non-hydrogen) atoms. The van der Waals surface area contributed by atoms with E-state index in [0.29, 0.717) is 17.7 Å². The number of rotatable bonds is 8. The predicted molar refractivity (Wildman–Crippen MR) is 90.9 cm³/mol. The number of Topliss-reactive ketones (excluding diaryl/α,β-unsaturated/α-hetero) is 1. The molecule has 0 unspecified atom stereocenters. The van der Waals surface area contributed by atoms with E-state index in [4.69, 9.17) is 4.74 Å². The number of carbonyl (C=O) groups excluding carboxylic acids is 2. The molecule has 6 nitrogen and oxygen atoms in total. The van der Waals surface area contributed by atoms with Gasteiger partial charge in [-0.15, -0.1) is 11.3 Å². The summed E-state index contributed by atoms with van der Waals surface area (Å²) in [5.41, 5.74) is 0.149. The summed E-state index contributed by atoms with van der Waals surface area (Å²) in [6.45, 7) is 0.0962. The van der Waals surface area contributed by atoms with Crippen LogP contribution in [0.1, 0.15) is 32.9 Å². The first-order valence-electron chi connectivity index (χ1n) is 7.21. The fourth-order valence-corrected chi connectivity index (χ4v) is 3.42. The molecule has 0 fully saturated rings. The van der Waals surface area contributed by atoms with Gasteiger partial charge >= 0.3 is 5.97 Å². The van der Waals surface area contributed by atoms with Gasteiger partial charge in [-0.1, -0.05) is 12.1 Å². The third kappa shape index (κ3) is 4.73. The highest BCUT2D eigenvalue weighted by Gasteiger charge is 2.15. The first-order chi connectivity index (χ1) is 11.4. The third-order valence-electron chi connectivity index (χ3n) is 3.23. The number of thiophene rings is 1. The van der Waals surface area contributed by atoms with Crippen molar-refractivity contribution in [2.24, 2.45) is 0 Å². The highest BCUT2D eigenvalue weighted by atomic mass is 32.2. The monoisotopic (exact) mass is 367 g/mol. The molecule has 0 bridgehead atoms. The van der Waals surface area contributed by atoms with E-state index in [1.54, 1.807) is 6.07 Å². The van der Waals surface area contributed by atoms with Crippen LogP contribution in [0.15, 0.2) is 46.7 Å². The van der Waals surface area contributed by atoms with Crippen LogP contribution in [0.2, 0.25) is 0 Å². The molecule has 1 heterocycles. The van der Waals surface area contributed by atoms with Crippen molar-refractivity contribution in [2.75, 3.05) is 13.7 Å². The van der Waals surface area contributed by atoms with Gasteiger partial charge in [0, 0.05) is 6.42 Å². The zero-order valence-electron chi connectivity index (χ0n) is 13.0. The van der Waals surface area contributed by atoms with Crippen LogP contribution in [-0.2, 0) is 14.8 Å². The SMILES string of the molecule is CNS(=O)(=O)c1cccc(C(=O)OCCCC(=O)c2cccs2)c1. The smallest absolute Gasteiger partial charge is 0.338 e. The predicted octanol–water partition coefficient (Wildman–Crippen LogP) is 2.48. The molecule has 128 valence electrons. The third-order valence-corrected chi connectivity index (χ3v) is 5.55. The van der Waals surface area contributed by atoms with Crippen LogP contribution in [0.5, 0.6) is 0 Å². The minimum atomic E-state index is -3.62. The molecule has 0 saturated heterocycles. The normalized spacial score (nSPS) is 11.2. The number of carbonyl (C=O) groups is 2. The lowest BCUT2D eigenvalue weighted by Gasteiger charge is -2.06. The number of ether oxygens (including phenoxy) is 1. The van der Waals surface area contributed by atoms with Crippen LogP contribution in [0.3, 0.4) is 0 Å². The zero-order chi connectivity index (χ0) is 17.6. The Bertz CT molecular complexity index is 813. The van der Waals surface area contributed by atoms with E-state index in [1.165, 1.54) is 42.6 Å². The van der Waals surface area contributed by atoms with Crippen molar-refractivity contribution in [3.63, 3.8) is 0 Å². The molecule has 0 amide bonds. The summed E-state index contributed by atoms with van der Waals surface area (Å²) in [6.07, 6.45) is 0.707. The van der Waals surface area contributed by atoms with E-state index in [0.717, 1.165) is 0 Å². The number of ketones is 1. The number of esters is 1. The molecule has 0 aliphatic carbocycles. The van der Waals surface area contributed by atoms with Crippen LogP contribution in [0.25, 0.3) is 0 Å². The Labute approximate surface area is 144 Å². The molecule has 0 radical (unpaired) electrons. The Morgan fingerprint density at radius 1 is 1.21 bits per heavy atom. The molecule has 0 atom stereocenters. The van der Waals surface area contributed by atoms with E-state index >= 15 is 0 Å². The minimum Gasteiger partial charge on any atom is -0.462 e. The van der Waals surface area contributed by atoms with Crippen LogP contribution in [0.4, 0.5) is 0 Å². The summed E-state index contributed by atoms with van der Waals surface area (Å²) >= 11 is 1.38. The van der Waals surface area contributed by atoms with Gasteiger partial charge in [0.05, 0.1) is 21.9 Å². The fourth-order valence-electron chi connectivity index (χ4n) is 1.95. The molecule has 1 aromatic heterocycles. The zero-order valence-corrected chi connectivity index (χ0v) is 14.7. The maximum Gasteiger partial charge on any atom is 0.338 e. The summed E-state index contributed by atoms with van der Waals surface area (Å²) in [5, 5.41) is 1.83. The molecular weight excluding hydrogens is 350 g/mol. The van der Waals surface area contributed by atoms with Crippen molar-refractivity contribution < 1.29 is 22.7 Å². The van der Waals surface area contributed by atoms with Gasteiger partial charge in [-0.3, -0.25) is 4.79 Å². The lowest BCUT2D eigenvalue weighted by Crippen LogP contribution is -2.19. The van der Waals surface area contributed by atoms with Crippen molar-refractivity contribution in [2.45, 2.75) is 17.7 Å². The molecule has 2 aromatic rings. The Balaban J connectivity index is 1.87. The van der Waals surface area contributed by atoms with Gasteiger partial charge in [0.25, 0.3) is 0 Å². The maximum absolute atomic E-state index is 12.0. The summed E-state index contributed by atoms with van der Waals surface area (Å²) in [7, 11) is -2.32. The lowest BCUT2D eigenvalue weighted by atomic mass is 10.2. The van der Waals surface area contributed by atoms with Crippen LogP contribution >= 0.6 is 11.3 Å². The molecule has 0 saturated carbocycles. The number of hydrogen-bond donors (Lipinski definition) is 1. The topological polar surface area (TPSA) is 89.5 Å². The van der Waals surface area contributed by atoms with Gasteiger partial charge in [0.2, 0.25) is 10.0 Å². The van der Waals surface area contributed by atoms with E-state index in [2.05, 4.69) is 4.72 Å². The Hall–Kier alpha value is -2.03. The molecule has 2 rings (SSSR count). The minimum absolute atomic E-state index is 0.00711. The molecule has 0 aliphatic heterocycles. The second-order valence-corrected chi connectivity index (χ2v) is 7.71. The highest BCUT2D eigenvalue weighted by molar-refractivity contribution is 7.89. The Kier molecular flexibility index (Phi) is 6.24. The number of hydrogen-bond acceptors (Lipinski definition) is 6. The molecule has 0 spiro atoms. The summed E-state index contributed by atoms with van der Waals surface area (Å²) in [5.74, 6) is -0.602. The second kappa shape index (κ2) is 8.18. The quantitative estimate of drug-likeness (QED) is 0.440. The summed E-state index contributed by atoms with van der Waals surface area (Å²) in [4.78, 5) is 24.4. The van der Waals surface area contributed by atoms with Crippen LogP contribution in [-0.4, -0.2) is 33.8 Å². The molecular formula is C16H17NO5S2. The Morgan fingerprint density at radius 3 is 2.67 bits per heavy atom. The van der Waals surface area contributed by atoms with E-state index in [1.807, 2.05) is 11.4 Å². The summed E-state index contributed by atoms with van der Waals surface area (Å²) in [6, 6.07) is 9.17. The van der Waals surface area contributed by atoms with Gasteiger partial charge < -0.3 is 4.74 Å². The number of nitrogens with one attached hydrogen (secondary N) is 1. The lowest BCUT2D eigenvalue weighted by molar-refractivity contribution is 0.0494. The van der Waals surface area contributed by atoms with Gasteiger partial charge in [0.1, 0.15) is 0 Å². The van der Waals surface area contributed by atoms with Gasteiger partial charge in [-0.05, 0) is 43.1 Å². The fraction of sp³-hybridized carbons (Fsp3) is 0.250. The second-order valence-electron chi connectivity index (χ2n) is 4.88. The molecule has 1 aromatic carbocycles. The molecule has 1 N–H and O–H groups in total. The first-order valence-corrected chi connectivity index (χ1v) is 9.58.